The van der Waals surface area contributed by atoms with E-state index >= 15 is 0 Å². The summed E-state index contributed by atoms with van der Waals surface area (Å²) in [4.78, 5) is 19.8. The molecule has 0 radical (unpaired) electrons. The lowest BCUT2D eigenvalue weighted by atomic mass is 9.84. The van der Waals surface area contributed by atoms with Crippen molar-refractivity contribution in [3.05, 3.63) is 178 Å². The Hall–Kier alpha value is -5.02. The summed E-state index contributed by atoms with van der Waals surface area (Å²) in [6, 6.07) is 45.7. The quantitative estimate of drug-likeness (QED) is 0.0750. The molecule has 6 rings (SSSR count). The minimum Gasteiger partial charge on any atom is -0.494 e. The van der Waals surface area contributed by atoms with Crippen LogP contribution in [0.25, 0.3) is 6.08 Å². The van der Waals surface area contributed by atoms with Gasteiger partial charge < -0.3 is 14.6 Å². The fourth-order valence-corrected chi connectivity index (χ4v) is 6.55. The Labute approximate surface area is 301 Å². The summed E-state index contributed by atoms with van der Waals surface area (Å²) in [5.74, 6) is 0.730. The van der Waals surface area contributed by atoms with Crippen LogP contribution in [0.1, 0.15) is 52.7 Å². The minimum absolute atomic E-state index is 0.00249. The molecule has 0 saturated carbocycles. The fraction of sp³-hybridized carbons (Fsp3) is 0.190. The monoisotopic (exact) mass is 729 g/mol. The van der Waals surface area contributed by atoms with Gasteiger partial charge in [0.25, 0.3) is 5.91 Å². The van der Waals surface area contributed by atoms with Gasteiger partial charge in [-0.2, -0.15) is 0 Å². The zero-order valence-electron chi connectivity index (χ0n) is 27.6. The van der Waals surface area contributed by atoms with Crippen molar-refractivity contribution in [2.75, 3.05) is 19.8 Å². The summed E-state index contributed by atoms with van der Waals surface area (Å²) < 4.78 is 13.2. The van der Waals surface area contributed by atoms with Crippen molar-refractivity contribution in [1.29, 1.82) is 0 Å². The number of carbonyl (C=O) groups is 1. The number of carbonyl (C=O) groups excluding carboxylic acids is 1. The zero-order valence-corrected chi connectivity index (χ0v) is 29.2. The summed E-state index contributed by atoms with van der Waals surface area (Å²) in [6.45, 7) is 0.942. The van der Waals surface area contributed by atoms with Crippen LogP contribution in [0, 0.1) is 0 Å². The molecule has 1 amide bonds. The van der Waals surface area contributed by atoms with Crippen molar-refractivity contribution in [3.8, 4) is 5.75 Å². The van der Waals surface area contributed by atoms with Gasteiger partial charge in [-0.1, -0.05) is 137 Å². The second kappa shape index (κ2) is 17.1. The molecule has 3 N–H and O–H groups in total. The topological polar surface area (TPSA) is 92.2 Å². The number of hydrazine groups is 1. The smallest absolute Gasteiger partial charge is 0.266 e. The van der Waals surface area contributed by atoms with Crippen LogP contribution >= 0.6 is 15.9 Å². The third-order valence-electron chi connectivity index (χ3n) is 8.67. The van der Waals surface area contributed by atoms with Crippen molar-refractivity contribution in [2.24, 2.45) is 4.99 Å². The SMILES string of the molecule is O=C(NNCC(c1ccccc1)c1ccccc1)[C@@]1(C/C=C/c2ccccc2)N=C(c2ccc(OCCCO)cc2)O[C@H]1c1ccccc1Br. The van der Waals surface area contributed by atoms with E-state index < -0.39 is 11.6 Å². The van der Waals surface area contributed by atoms with Gasteiger partial charge in [-0.3, -0.25) is 10.2 Å². The van der Waals surface area contributed by atoms with E-state index in [-0.39, 0.29) is 24.9 Å². The lowest BCUT2D eigenvalue weighted by molar-refractivity contribution is -0.129. The molecular formula is C42H40BrN3O4. The first kappa shape index (κ1) is 34.8. The Kier molecular flexibility index (Phi) is 11.9. The van der Waals surface area contributed by atoms with E-state index in [0.717, 1.165) is 32.3 Å². The molecule has 1 aliphatic heterocycles. The van der Waals surface area contributed by atoms with Gasteiger partial charge >= 0.3 is 0 Å². The normalized spacial score (nSPS) is 17.0. The number of aliphatic hydroxyl groups is 1. The van der Waals surface area contributed by atoms with Gasteiger partial charge in [-0.25, -0.2) is 10.4 Å². The van der Waals surface area contributed by atoms with Gasteiger partial charge in [0.05, 0.1) is 6.61 Å². The van der Waals surface area contributed by atoms with Gasteiger partial charge in [-0.05, 0) is 47.0 Å². The molecule has 0 aliphatic carbocycles. The summed E-state index contributed by atoms with van der Waals surface area (Å²) in [5, 5.41) is 9.12. The first-order valence-corrected chi connectivity index (χ1v) is 17.6. The molecule has 5 aromatic carbocycles. The van der Waals surface area contributed by atoms with Crippen molar-refractivity contribution in [1.82, 2.24) is 10.9 Å². The van der Waals surface area contributed by atoms with Crippen molar-refractivity contribution in [3.63, 3.8) is 0 Å². The maximum atomic E-state index is 14.7. The Balaban J connectivity index is 1.34. The Bertz CT molecular complexity index is 1850. The second-order valence-electron chi connectivity index (χ2n) is 12.0. The van der Waals surface area contributed by atoms with Crippen LogP contribution in [0.2, 0.25) is 0 Å². The fourth-order valence-electron chi connectivity index (χ4n) is 6.06. The maximum Gasteiger partial charge on any atom is 0.266 e. The number of nitrogens with zero attached hydrogens (tertiary/aromatic N) is 1. The van der Waals surface area contributed by atoms with Gasteiger partial charge in [0.1, 0.15) is 5.75 Å². The molecule has 5 aromatic rings. The molecule has 0 bridgehead atoms. The molecule has 0 aromatic heterocycles. The molecule has 50 heavy (non-hydrogen) atoms. The highest BCUT2D eigenvalue weighted by atomic mass is 79.9. The van der Waals surface area contributed by atoms with Crippen LogP contribution < -0.4 is 15.6 Å². The number of amides is 1. The zero-order chi connectivity index (χ0) is 34.6. The average Bonchev–Trinajstić information content (AvgIpc) is 3.55. The number of hydrogen-bond acceptors (Lipinski definition) is 6. The highest BCUT2D eigenvalue weighted by molar-refractivity contribution is 9.10. The average molecular weight is 731 g/mol. The van der Waals surface area contributed by atoms with Crippen molar-refractivity contribution in [2.45, 2.75) is 30.4 Å². The van der Waals surface area contributed by atoms with E-state index in [1.807, 2.05) is 127 Å². The van der Waals surface area contributed by atoms with Crippen LogP contribution in [0.4, 0.5) is 0 Å². The number of rotatable bonds is 15. The highest BCUT2D eigenvalue weighted by Gasteiger charge is 2.53. The summed E-state index contributed by atoms with van der Waals surface area (Å²) >= 11 is 3.72. The first-order chi connectivity index (χ1) is 24.6. The number of benzene rings is 5. The van der Waals surface area contributed by atoms with Gasteiger partial charge in [0, 0.05) is 47.5 Å². The van der Waals surface area contributed by atoms with Gasteiger partial charge in [-0.15, -0.1) is 0 Å². The molecule has 0 unspecified atom stereocenters. The minimum atomic E-state index is -1.36. The summed E-state index contributed by atoms with van der Waals surface area (Å²) in [6.07, 6.45) is 4.07. The summed E-state index contributed by atoms with van der Waals surface area (Å²) in [7, 11) is 0. The van der Waals surface area contributed by atoms with Crippen molar-refractivity contribution >= 4 is 33.8 Å². The summed E-state index contributed by atoms with van der Waals surface area (Å²) in [5.41, 5.74) is 9.79. The standard InChI is InChI=1S/C42H40BrN3O4/c43-38-22-11-10-21-36(38)39-42(27-12-16-31-14-4-1-5-15-31,45-40(50-39)34-23-25-35(26-24-34)49-29-13-28-47)41(48)46-44-30-37(32-17-6-2-7-18-32)33-19-8-3-9-20-33/h1-12,14-26,37,39,44,47H,13,27-30H2,(H,46,48)/b16-12+/t39-,42-/m0/s1. The highest BCUT2D eigenvalue weighted by Crippen LogP contribution is 2.45. The maximum absolute atomic E-state index is 14.7. The van der Waals surface area contributed by atoms with Gasteiger partial charge in [0.2, 0.25) is 5.90 Å². The van der Waals surface area contributed by atoms with Crippen LogP contribution in [0.15, 0.2) is 155 Å². The van der Waals surface area contributed by atoms with E-state index in [0.29, 0.717) is 31.2 Å². The van der Waals surface area contributed by atoms with E-state index in [2.05, 4.69) is 51.0 Å². The number of ether oxygens (including phenoxy) is 2. The van der Waals surface area contributed by atoms with E-state index in [4.69, 9.17) is 19.6 Å². The molecule has 1 heterocycles. The molecular weight excluding hydrogens is 690 g/mol. The molecule has 8 heteroatoms. The van der Waals surface area contributed by atoms with E-state index in [1.54, 1.807) is 0 Å². The molecule has 2 atom stereocenters. The van der Waals surface area contributed by atoms with E-state index in [9.17, 15) is 4.79 Å². The Morgan fingerprint density at radius 2 is 1.48 bits per heavy atom. The molecule has 0 spiro atoms. The predicted octanol–water partition coefficient (Wildman–Crippen LogP) is 8.02. The van der Waals surface area contributed by atoms with Crippen molar-refractivity contribution < 1.29 is 19.4 Å². The molecule has 7 nitrogen and oxygen atoms in total. The van der Waals surface area contributed by atoms with E-state index in [1.165, 1.54) is 0 Å². The third kappa shape index (κ3) is 8.40. The lowest BCUT2D eigenvalue weighted by Crippen LogP contribution is -2.53. The number of hydrogen-bond donors (Lipinski definition) is 3. The molecule has 1 aliphatic rings. The lowest BCUT2D eigenvalue weighted by Gasteiger charge is -2.30. The van der Waals surface area contributed by atoms with Crippen LogP contribution in [0.3, 0.4) is 0 Å². The first-order valence-electron chi connectivity index (χ1n) is 16.8. The number of halogens is 1. The predicted molar refractivity (Wildman–Crippen MR) is 202 cm³/mol. The van der Waals surface area contributed by atoms with Crippen LogP contribution in [0.5, 0.6) is 5.75 Å². The van der Waals surface area contributed by atoms with Gasteiger partial charge in [0.15, 0.2) is 11.6 Å². The van der Waals surface area contributed by atoms with Crippen LogP contribution in [-0.4, -0.2) is 42.2 Å². The number of aliphatic imine (C=N–C) groups is 1. The largest absolute Gasteiger partial charge is 0.494 e. The molecule has 254 valence electrons. The number of aliphatic hydroxyl groups excluding tert-OH is 1. The Morgan fingerprint density at radius 1 is 0.860 bits per heavy atom. The molecule has 0 saturated heterocycles. The molecule has 0 fully saturated rings. The second-order valence-corrected chi connectivity index (χ2v) is 12.9. The number of nitrogens with one attached hydrogen (secondary N) is 2. The third-order valence-corrected chi connectivity index (χ3v) is 9.39. The van der Waals surface area contributed by atoms with Crippen LogP contribution in [-0.2, 0) is 9.53 Å². The Morgan fingerprint density at radius 3 is 2.12 bits per heavy atom.